The molecule has 0 saturated carbocycles. The molecular formula is C23H21ClN4O2S. The zero-order chi connectivity index (χ0) is 21.8. The van der Waals surface area contributed by atoms with Crippen LogP contribution < -0.4 is 10.1 Å². The van der Waals surface area contributed by atoms with Gasteiger partial charge < -0.3 is 14.6 Å². The van der Waals surface area contributed by atoms with Gasteiger partial charge in [0.2, 0.25) is 5.91 Å². The summed E-state index contributed by atoms with van der Waals surface area (Å²) in [5.74, 6) is 1.55. The second kappa shape index (κ2) is 9.41. The van der Waals surface area contributed by atoms with E-state index in [-0.39, 0.29) is 18.3 Å². The molecule has 6 nitrogen and oxygen atoms in total. The summed E-state index contributed by atoms with van der Waals surface area (Å²) in [5.41, 5.74) is 1.75. The third-order valence-electron chi connectivity index (χ3n) is 4.81. The summed E-state index contributed by atoms with van der Waals surface area (Å²) in [5, 5.41) is 14.8. The number of carbonyl (C=O) groups is 1. The number of halogens is 1. The van der Waals surface area contributed by atoms with Crippen LogP contribution in [0.2, 0.25) is 5.02 Å². The lowest BCUT2D eigenvalue weighted by Crippen LogP contribution is -2.14. The number of rotatable bonds is 7. The smallest absolute Gasteiger partial charge is 0.234 e. The predicted octanol–water partition coefficient (Wildman–Crippen LogP) is 5.24. The Balaban J connectivity index is 1.35. The minimum absolute atomic E-state index is 0.0982. The van der Waals surface area contributed by atoms with Crippen molar-refractivity contribution in [1.29, 1.82) is 0 Å². The Kier molecular flexibility index (Phi) is 6.44. The molecule has 0 fully saturated rings. The average molecular weight is 453 g/mol. The van der Waals surface area contributed by atoms with E-state index >= 15 is 0 Å². The van der Waals surface area contributed by atoms with Gasteiger partial charge in [-0.2, -0.15) is 0 Å². The first-order valence-corrected chi connectivity index (χ1v) is 11.1. The van der Waals surface area contributed by atoms with Crippen LogP contribution in [-0.2, 0) is 18.4 Å². The van der Waals surface area contributed by atoms with Gasteiger partial charge in [0.25, 0.3) is 0 Å². The molecule has 4 rings (SSSR count). The zero-order valence-corrected chi connectivity index (χ0v) is 18.7. The molecule has 0 atom stereocenters. The number of aromatic nitrogens is 3. The Labute approximate surface area is 189 Å². The molecule has 1 heterocycles. The Morgan fingerprint density at radius 3 is 2.77 bits per heavy atom. The number of fused-ring (bicyclic) bond motifs is 1. The topological polar surface area (TPSA) is 69.0 Å². The Hall–Kier alpha value is -3.03. The molecule has 158 valence electrons. The van der Waals surface area contributed by atoms with E-state index in [1.807, 2.05) is 73.1 Å². The van der Waals surface area contributed by atoms with Gasteiger partial charge in [0.1, 0.15) is 12.4 Å². The number of anilines is 1. The number of amides is 1. The molecule has 3 aromatic carbocycles. The number of ether oxygens (including phenoxy) is 1. The monoisotopic (exact) mass is 452 g/mol. The molecule has 0 aliphatic carbocycles. The van der Waals surface area contributed by atoms with Crippen molar-refractivity contribution < 1.29 is 9.53 Å². The van der Waals surface area contributed by atoms with Gasteiger partial charge >= 0.3 is 0 Å². The van der Waals surface area contributed by atoms with E-state index in [0.717, 1.165) is 27.8 Å². The molecule has 1 N–H and O–H groups in total. The molecule has 8 heteroatoms. The molecule has 1 amide bonds. The van der Waals surface area contributed by atoms with E-state index < -0.39 is 0 Å². The highest BCUT2D eigenvalue weighted by molar-refractivity contribution is 7.99. The minimum atomic E-state index is -0.0982. The first-order chi connectivity index (χ1) is 15.0. The van der Waals surface area contributed by atoms with E-state index in [0.29, 0.717) is 16.0 Å². The highest BCUT2D eigenvalue weighted by atomic mass is 35.5. The first kappa shape index (κ1) is 21.2. The fraction of sp³-hybridized carbons (Fsp3) is 0.174. The van der Waals surface area contributed by atoms with Crippen LogP contribution in [0.25, 0.3) is 10.8 Å². The third kappa shape index (κ3) is 5.00. The molecule has 0 unspecified atom stereocenters. The van der Waals surface area contributed by atoms with Crippen LogP contribution in [0.1, 0.15) is 11.4 Å². The number of aryl methyl sites for hydroxylation is 1. The fourth-order valence-corrected chi connectivity index (χ4v) is 4.12. The molecule has 0 bridgehead atoms. The lowest BCUT2D eigenvalue weighted by Gasteiger charge is -2.10. The maximum absolute atomic E-state index is 12.5. The van der Waals surface area contributed by atoms with Crippen molar-refractivity contribution in [3.05, 3.63) is 77.1 Å². The Morgan fingerprint density at radius 2 is 1.94 bits per heavy atom. The van der Waals surface area contributed by atoms with Crippen molar-refractivity contribution in [3.8, 4) is 5.75 Å². The average Bonchev–Trinajstić information content (AvgIpc) is 3.11. The van der Waals surface area contributed by atoms with Crippen molar-refractivity contribution in [1.82, 2.24) is 14.8 Å². The number of nitrogens with one attached hydrogen (secondary N) is 1. The van der Waals surface area contributed by atoms with Crippen molar-refractivity contribution in [3.63, 3.8) is 0 Å². The number of benzene rings is 3. The summed E-state index contributed by atoms with van der Waals surface area (Å²) in [6.45, 7) is 2.21. The van der Waals surface area contributed by atoms with Gasteiger partial charge in [-0.25, -0.2) is 0 Å². The van der Waals surface area contributed by atoms with Crippen LogP contribution in [0.5, 0.6) is 5.75 Å². The number of carbonyl (C=O) groups excluding carboxylic acids is 1. The zero-order valence-electron chi connectivity index (χ0n) is 17.1. The number of nitrogens with zero attached hydrogens (tertiary/aromatic N) is 3. The van der Waals surface area contributed by atoms with Crippen molar-refractivity contribution in [2.45, 2.75) is 18.7 Å². The highest BCUT2D eigenvalue weighted by Gasteiger charge is 2.13. The Morgan fingerprint density at radius 1 is 1.13 bits per heavy atom. The van der Waals surface area contributed by atoms with E-state index in [9.17, 15) is 4.79 Å². The summed E-state index contributed by atoms with van der Waals surface area (Å²) in [7, 11) is 1.86. The van der Waals surface area contributed by atoms with Gasteiger partial charge in [-0.1, -0.05) is 59.8 Å². The quantitative estimate of drug-likeness (QED) is 0.388. The van der Waals surface area contributed by atoms with Crippen LogP contribution in [0, 0.1) is 6.92 Å². The van der Waals surface area contributed by atoms with Crippen LogP contribution in [0.3, 0.4) is 0 Å². The number of thioether (sulfide) groups is 1. The lowest BCUT2D eigenvalue weighted by atomic mass is 10.1. The summed E-state index contributed by atoms with van der Waals surface area (Å²) in [6, 6.07) is 19.3. The van der Waals surface area contributed by atoms with Gasteiger partial charge in [-0.15, -0.1) is 10.2 Å². The van der Waals surface area contributed by atoms with Gasteiger partial charge in [-0.3, -0.25) is 4.79 Å². The molecule has 0 radical (unpaired) electrons. The number of hydrogen-bond acceptors (Lipinski definition) is 5. The van der Waals surface area contributed by atoms with Crippen LogP contribution >= 0.6 is 23.4 Å². The van der Waals surface area contributed by atoms with Crippen molar-refractivity contribution in [2.24, 2.45) is 7.05 Å². The lowest BCUT2D eigenvalue weighted by molar-refractivity contribution is -0.113. The molecule has 0 spiro atoms. The predicted molar refractivity (Wildman–Crippen MR) is 125 cm³/mol. The maximum atomic E-state index is 12.5. The summed E-state index contributed by atoms with van der Waals surface area (Å²) < 4.78 is 7.68. The van der Waals surface area contributed by atoms with Gasteiger partial charge in [0.05, 0.1) is 5.75 Å². The normalized spacial score (nSPS) is 10.9. The van der Waals surface area contributed by atoms with Gasteiger partial charge in [0, 0.05) is 23.1 Å². The van der Waals surface area contributed by atoms with Crippen LogP contribution in [-0.4, -0.2) is 26.4 Å². The molecular weight excluding hydrogens is 432 g/mol. The molecule has 0 aliphatic rings. The summed E-state index contributed by atoms with van der Waals surface area (Å²) in [4.78, 5) is 12.5. The van der Waals surface area contributed by atoms with E-state index in [4.69, 9.17) is 16.3 Å². The molecule has 31 heavy (non-hydrogen) atoms. The third-order valence-corrected chi connectivity index (χ3v) is 6.07. The molecule has 4 aromatic rings. The van der Waals surface area contributed by atoms with E-state index in [1.165, 1.54) is 11.8 Å². The molecule has 0 saturated heterocycles. The highest BCUT2D eigenvalue weighted by Crippen LogP contribution is 2.25. The SMILES string of the molecule is Cc1cc(Cl)ccc1OCc1nnc(SCC(=O)Nc2cccc3ccccc23)n1C. The summed E-state index contributed by atoms with van der Waals surface area (Å²) in [6.07, 6.45) is 0. The van der Waals surface area contributed by atoms with Crippen molar-refractivity contribution >= 4 is 45.7 Å². The maximum Gasteiger partial charge on any atom is 0.234 e. The van der Waals surface area contributed by atoms with Crippen LogP contribution in [0.15, 0.2) is 65.8 Å². The first-order valence-electron chi connectivity index (χ1n) is 9.69. The summed E-state index contributed by atoms with van der Waals surface area (Å²) >= 11 is 7.32. The minimum Gasteiger partial charge on any atom is -0.485 e. The second-order valence-corrected chi connectivity index (χ2v) is 8.40. The largest absolute Gasteiger partial charge is 0.485 e. The second-order valence-electron chi connectivity index (χ2n) is 7.02. The van der Waals surface area contributed by atoms with Crippen LogP contribution in [0.4, 0.5) is 5.69 Å². The van der Waals surface area contributed by atoms with E-state index in [1.54, 1.807) is 6.07 Å². The molecule has 1 aromatic heterocycles. The molecule has 0 aliphatic heterocycles. The van der Waals surface area contributed by atoms with Gasteiger partial charge in [0.15, 0.2) is 11.0 Å². The standard InChI is InChI=1S/C23H21ClN4O2S/c1-15-12-17(24)10-11-20(15)30-13-21-26-27-23(28(21)2)31-14-22(29)25-19-9-5-7-16-6-3-4-8-18(16)19/h3-12H,13-14H2,1-2H3,(H,25,29). The van der Waals surface area contributed by atoms with Crippen molar-refractivity contribution in [2.75, 3.05) is 11.1 Å². The Bertz CT molecular complexity index is 1240. The van der Waals surface area contributed by atoms with E-state index in [2.05, 4.69) is 15.5 Å². The fourth-order valence-electron chi connectivity index (χ4n) is 3.16. The number of hydrogen-bond donors (Lipinski definition) is 1. The van der Waals surface area contributed by atoms with Gasteiger partial charge in [-0.05, 0) is 42.1 Å².